The van der Waals surface area contributed by atoms with Crippen LogP contribution in [0.15, 0.2) is 24.4 Å². The smallest absolute Gasteiger partial charge is 0.160 e. The Labute approximate surface area is 89.5 Å². The predicted molar refractivity (Wildman–Crippen MR) is 52.6 cm³/mol. The van der Waals surface area contributed by atoms with Crippen molar-refractivity contribution in [1.29, 1.82) is 5.26 Å². The molecule has 16 heavy (non-hydrogen) atoms. The molecule has 0 aliphatic heterocycles. The minimum atomic E-state index is -0.995. The molecular formula is C10H6F2N4. The first-order chi connectivity index (χ1) is 7.63. The van der Waals surface area contributed by atoms with Crippen molar-refractivity contribution in [2.75, 3.05) is 5.73 Å². The van der Waals surface area contributed by atoms with Crippen LogP contribution in [0.25, 0.3) is 5.69 Å². The van der Waals surface area contributed by atoms with Gasteiger partial charge in [0.1, 0.15) is 17.5 Å². The Hall–Kier alpha value is -2.42. The van der Waals surface area contributed by atoms with E-state index in [4.69, 9.17) is 11.0 Å². The lowest BCUT2D eigenvalue weighted by atomic mass is 10.3. The Balaban J connectivity index is 2.55. The van der Waals surface area contributed by atoms with Crippen LogP contribution in [-0.2, 0) is 0 Å². The van der Waals surface area contributed by atoms with E-state index in [0.717, 1.165) is 12.1 Å². The fourth-order valence-corrected chi connectivity index (χ4v) is 1.27. The molecule has 0 spiro atoms. The second kappa shape index (κ2) is 3.62. The minimum absolute atomic E-state index is 0.0912. The number of anilines is 1. The van der Waals surface area contributed by atoms with Gasteiger partial charge in [-0.25, -0.2) is 13.5 Å². The maximum absolute atomic E-state index is 13.0. The van der Waals surface area contributed by atoms with Crippen molar-refractivity contribution in [3.05, 3.63) is 41.6 Å². The zero-order valence-corrected chi connectivity index (χ0v) is 7.98. The highest BCUT2D eigenvalue weighted by Gasteiger charge is 2.10. The van der Waals surface area contributed by atoms with Crippen LogP contribution in [0.3, 0.4) is 0 Å². The van der Waals surface area contributed by atoms with Crippen LogP contribution in [0.5, 0.6) is 0 Å². The highest BCUT2D eigenvalue weighted by atomic mass is 19.2. The molecule has 1 aromatic carbocycles. The van der Waals surface area contributed by atoms with Gasteiger partial charge in [-0.05, 0) is 12.1 Å². The third-order valence-electron chi connectivity index (χ3n) is 2.07. The molecule has 0 amide bonds. The van der Waals surface area contributed by atoms with Crippen molar-refractivity contribution in [1.82, 2.24) is 9.78 Å². The van der Waals surface area contributed by atoms with E-state index >= 15 is 0 Å². The van der Waals surface area contributed by atoms with Gasteiger partial charge in [-0.3, -0.25) is 0 Å². The summed E-state index contributed by atoms with van der Waals surface area (Å²) in [5.74, 6) is -1.85. The molecule has 0 unspecified atom stereocenters. The summed E-state index contributed by atoms with van der Waals surface area (Å²) in [6, 6.07) is 5.09. The summed E-state index contributed by atoms with van der Waals surface area (Å²) in [6.07, 6.45) is 1.26. The summed E-state index contributed by atoms with van der Waals surface area (Å²) >= 11 is 0. The molecule has 2 N–H and O–H groups in total. The molecule has 4 nitrogen and oxygen atoms in total. The number of rotatable bonds is 1. The molecule has 0 radical (unpaired) electrons. The van der Waals surface area contributed by atoms with Crippen molar-refractivity contribution in [2.45, 2.75) is 0 Å². The second-order valence-electron chi connectivity index (χ2n) is 3.07. The molecule has 2 rings (SSSR count). The van der Waals surface area contributed by atoms with Gasteiger partial charge < -0.3 is 5.73 Å². The summed E-state index contributed by atoms with van der Waals surface area (Å²) in [5.41, 5.74) is 6.04. The lowest BCUT2D eigenvalue weighted by Crippen LogP contribution is -2.03. The lowest BCUT2D eigenvalue weighted by molar-refractivity contribution is 0.507. The molecule has 0 saturated heterocycles. The van der Waals surface area contributed by atoms with Crippen LogP contribution in [0, 0.1) is 23.0 Å². The first-order valence-corrected chi connectivity index (χ1v) is 4.32. The maximum atomic E-state index is 13.0. The molecule has 0 fully saturated rings. The molecule has 0 bridgehead atoms. The van der Waals surface area contributed by atoms with Gasteiger partial charge in [0.25, 0.3) is 0 Å². The highest BCUT2D eigenvalue weighted by Crippen LogP contribution is 2.18. The van der Waals surface area contributed by atoms with E-state index in [1.54, 1.807) is 0 Å². The SMILES string of the molecule is N#Cc1cnn(-c2ccc(F)c(F)c2)c1N. The lowest BCUT2D eigenvalue weighted by Gasteiger charge is -2.04. The summed E-state index contributed by atoms with van der Waals surface area (Å²) in [5, 5.41) is 12.5. The van der Waals surface area contributed by atoms with Gasteiger partial charge in [-0.2, -0.15) is 10.4 Å². The normalized spacial score (nSPS) is 10.1. The number of nitrogen functional groups attached to an aromatic ring is 1. The number of nitrogens with zero attached hydrogens (tertiary/aromatic N) is 3. The Morgan fingerprint density at radius 3 is 2.62 bits per heavy atom. The number of hydrogen-bond donors (Lipinski definition) is 1. The topological polar surface area (TPSA) is 67.6 Å². The quantitative estimate of drug-likeness (QED) is 0.793. The molecule has 2 aromatic rings. The second-order valence-corrected chi connectivity index (χ2v) is 3.07. The Morgan fingerprint density at radius 2 is 2.06 bits per heavy atom. The molecular weight excluding hydrogens is 214 g/mol. The van der Waals surface area contributed by atoms with Crippen LogP contribution in [0.4, 0.5) is 14.6 Å². The zero-order chi connectivity index (χ0) is 11.7. The van der Waals surface area contributed by atoms with Crippen LogP contribution in [0.1, 0.15) is 5.56 Å². The minimum Gasteiger partial charge on any atom is -0.382 e. The number of benzene rings is 1. The van der Waals surface area contributed by atoms with Gasteiger partial charge in [-0.15, -0.1) is 0 Å². The number of nitriles is 1. The van der Waals surface area contributed by atoms with Crippen molar-refractivity contribution in [2.24, 2.45) is 0 Å². The van der Waals surface area contributed by atoms with E-state index in [1.807, 2.05) is 6.07 Å². The molecule has 1 aromatic heterocycles. The van der Waals surface area contributed by atoms with Gasteiger partial charge in [0.2, 0.25) is 0 Å². The van der Waals surface area contributed by atoms with Gasteiger partial charge in [0.15, 0.2) is 11.6 Å². The van der Waals surface area contributed by atoms with Gasteiger partial charge >= 0.3 is 0 Å². The van der Waals surface area contributed by atoms with Crippen LogP contribution in [-0.4, -0.2) is 9.78 Å². The van der Waals surface area contributed by atoms with Crippen LogP contribution in [0.2, 0.25) is 0 Å². The first kappa shape index (κ1) is 10.1. The number of aromatic nitrogens is 2. The zero-order valence-electron chi connectivity index (χ0n) is 7.98. The number of nitrogens with two attached hydrogens (primary N) is 1. The average Bonchev–Trinajstić information content (AvgIpc) is 2.64. The van der Waals surface area contributed by atoms with E-state index in [-0.39, 0.29) is 17.1 Å². The van der Waals surface area contributed by atoms with E-state index < -0.39 is 11.6 Å². The van der Waals surface area contributed by atoms with E-state index in [2.05, 4.69) is 5.10 Å². The Morgan fingerprint density at radius 1 is 1.31 bits per heavy atom. The van der Waals surface area contributed by atoms with E-state index in [0.29, 0.717) is 0 Å². The predicted octanol–water partition coefficient (Wildman–Crippen LogP) is 1.60. The fraction of sp³-hybridized carbons (Fsp3) is 0. The average molecular weight is 220 g/mol. The van der Waals surface area contributed by atoms with Crippen LogP contribution < -0.4 is 5.73 Å². The molecule has 0 aliphatic rings. The monoisotopic (exact) mass is 220 g/mol. The highest BCUT2D eigenvalue weighted by molar-refractivity contribution is 5.52. The molecule has 6 heteroatoms. The van der Waals surface area contributed by atoms with E-state index in [9.17, 15) is 8.78 Å². The summed E-state index contributed by atoms with van der Waals surface area (Å²) in [4.78, 5) is 0. The number of hydrogen-bond acceptors (Lipinski definition) is 3. The standard InChI is InChI=1S/C10H6F2N4/c11-8-2-1-7(3-9(8)12)16-10(14)6(4-13)5-15-16/h1-3,5H,14H2. The fourth-order valence-electron chi connectivity index (χ4n) is 1.27. The largest absolute Gasteiger partial charge is 0.382 e. The summed E-state index contributed by atoms with van der Waals surface area (Å²) in [6.45, 7) is 0. The van der Waals surface area contributed by atoms with Crippen molar-refractivity contribution in [3.63, 3.8) is 0 Å². The van der Waals surface area contributed by atoms with E-state index in [1.165, 1.54) is 16.9 Å². The van der Waals surface area contributed by atoms with Gasteiger partial charge in [0, 0.05) is 6.07 Å². The van der Waals surface area contributed by atoms with Crippen LogP contribution >= 0.6 is 0 Å². The molecule has 0 aliphatic carbocycles. The number of halogens is 2. The van der Waals surface area contributed by atoms with Crippen molar-refractivity contribution < 1.29 is 8.78 Å². The van der Waals surface area contributed by atoms with Crippen molar-refractivity contribution in [3.8, 4) is 11.8 Å². The summed E-state index contributed by atoms with van der Waals surface area (Å²) < 4.78 is 26.8. The molecule has 80 valence electrons. The third-order valence-corrected chi connectivity index (χ3v) is 2.07. The molecule has 0 atom stereocenters. The maximum Gasteiger partial charge on any atom is 0.160 e. The third kappa shape index (κ3) is 1.48. The first-order valence-electron chi connectivity index (χ1n) is 4.32. The molecule has 1 heterocycles. The Bertz CT molecular complexity index is 583. The Kier molecular flexibility index (Phi) is 2.29. The van der Waals surface area contributed by atoms with Crippen molar-refractivity contribution >= 4 is 5.82 Å². The van der Waals surface area contributed by atoms with Gasteiger partial charge in [-0.1, -0.05) is 0 Å². The molecule has 0 saturated carbocycles. The summed E-state index contributed by atoms with van der Waals surface area (Å²) in [7, 11) is 0. The van der Waals surface area contributed by atoms with Gasteiger partial charge in [0.05, 0.1) is 11.9 Å².